The minimum Gasteiger partial charge on any atom is -0.497 e. The SMILES string of the molecule is COc1ccc(CNC(=O)CCN(C(C)=O)c2cc(C)cc(C)c2)cc1. The summed E-state index contributed by atoms with van der Waals surface area (Å²) in [4.78, 5) is 25.8. The van der Waals surface area contributed by atoms with Crippen LogP contribution in [-0.4, -0.2) is 25.5 Å². The molecule has 0 aliphatic rings. The Bertz CT molecular complexity index is 749. The lowest BCUT2D eigenvalue weighted by molar-refractivity contribution is -0.121. The predicted octanol–water partition coefficient (Wildman–Crippen LogP) is 3.37. The second kappa shape index (κ2) is 9.04. The molecule has 0 fully saturated rings. The monoisotopic (exact) mass is 354 g/mol. The van der Waals surface area contributed by atoms with Gasteiger partial charge >= 0.3 is 0 Å². The molecule has 0 unspecified atom stereocenters. The summed E-state index contributed by atoms with van der Waals surface area (Å²) in [6.07, 6.45) is 0.253. The number of nitrogens with one attached hydrogen (secondary N) is 1. The molecule has 1 N–H and O–H groups in total. The Labute approximate surface area is 155 Å². The second-order valence-corrected chi connectivity index (χ2v) is 6.39. The third-order valence-electron chi connectivity index (χ3n) is 4.11. The zero-order valence-corrected chi connectivity index (χ0v) is 15.8. The van der Waals surface area contributed by atoms with Gasteiger partial charge in [-0.2, -0.15) is 0 Å². The number of hydrogen-bond donors (Lipinski definition) is 1. The van der Waals surface area contributed by atoms with E-state index in [0.29, 0.717) is 13.1 Å². The van der Waals surface area contributed by atoms with Crippen molar-refractivity contribution in [3.8, 4) is 5.75 Å². The summed E-state index contributed by atoms with van der Waals surface area (Å²) >= 11 is 0. The minimum atomic E-state index is -0.0866. The maximum atomic E-state index is 12.2. The van der Waals surface area contributed by atoms with Gasteiger partial charge in [-0.05, 0) is 54.8 Å². The number of hydrogen-bond acceptors (Lipinski definition) is 3. The van der Waals surface area contributed by atoms with Gasteiger partial charge in [0, 0.05) is 32.1 Å². The van der Waals surface area contributed by atoms with Crippen molar-refractivity contribution in [3.05, 3.63) is 59.2 Å². The van der Waals surface area contributed by atoms with Crippen LogP contribution in [0.15, 0.2) is 42.5 Å². The Kier molecular flexibility index (Phi) is 6.78. The number of rotatable bonds is 7. The molecule has 0 spiro atoms. The van der Waals surface area contributed by atoms with Crippen molar-refractivity contribution in [2.75, 3.05) is 18.6 Å². The molecule has 0 aliphatic carbocycles. The van der Waals surface area contributed by atoms with Crippen LogP contribution >= 0.6 is 0 Å². The number of ether oxygens (including phenoxy) is 1. The minimum absolute atomic E-state index is 0.0713. The van der Waals surface area contributed by atoms with Crippen molar-refractivity contribution in [3.63, 3.8) is 0 Å². The van der Waals surface area contributed by atoms with E-state index in [4.69, 9.17) is 4.74 Å². The molecule has 2 aromatic rings. The molecular formula is C21H26N2O3. The highest BCUT2D eigenvalue weighted by molar-refractivity contribution is 5.92. The summed E-state index contributed by atoms with van der Waals surface area (Å²) in [5.41, 5.74) is 4.01. The second-order valence-electron chi connectivity index (χ2n) is 6.39. The summed E-state index contributed by atoms with van der Waals surface area (Å²) in [7, 11) is 1.62. The van der Waals surface area contributed by atoms with Gasteiger partial charge in [-0.1, -0.05) is 18.2 Å². The van der Waals surface area contributed by atoms with Crippen molar-refractivity contribution in [1.29, 1.82) is 0 Å². The van der Waals surface area contributed by atoms with Gasteiger partial charge in [-0.15, -0.1) is 0 Å². The molecule has 138 valence electrons. The summed E-state index contributed by atoms with van der Waals surface area (Å²) < 4.78 is 5.12. The topological polar surface area (TPSA) is 58.6 Å². The maximum absolute atomic E-state index is 12.2. The summed E-state index contributed by atoms with van der Waals surface area (Å²) in [6, 6.07) is 13.5. The van der Waals surface area contributed by atoms with Crippen LogP contribution in [0, 0.1) is 13.8 Å². The van der Waals surface area contributed by atoms with Crippen molar-refractivity contribution < 1.29 is 14.3 Å². The van der Waals surface area contributed by atoms with Gasteiger partial charge in [0.15, 0.2) is 0 Å². The molecule has 0 aliphatic heterocycles. The van der Waals surface area contributed by atoms with Gasteiger partial charge < -0.3 is 15.0 Å². The van der Waals surface area contributed by atoms with E-state index in [2.05, 4.69) is 11.4 Å². The molecule has 5 nitrogen and oxygen atoms in total. The van der Waals surface area contributed by atoms with Gasteiger partial charge in [0.25, 0.3) is 0 Å². The third kappa shape index (κ3) is 5.62. The number of nitrogens with zero attached hydrogens (tertiary/aromatic N) is 1. The first kappa shape index (κ1) is 19.5. The Hall–Kier alpha value is -2.82. The maximum Gasteiger partial charge on any atom is 0.223 e. The number of carbonyl (C=O) groups excluding carboxylic acids is 2. The van der Waals surface area contributed by atoms with Crippen molar-refractivity contribution >= 4 is 17.5 Å². The lowest BCUT2D eigenvalue weighted by atomic mass is 10.1. The Morgan fingerprint density at radius 1 is 1.04 bits per heavy atom. The van der Waals surface area contributed by atoms with Crippen molar-refractivity contribution in [2.24, 2.45) is 0 Å². The van der Waals surface area contributed by atoms with E-state index in [1.54, 1.807) is 12.0 Å². The first-order chi connectivity index (χ1) is 12.4. The van der Waals surface area contributed by atoms with Crippen LogP contribution < -0.4 is 15.0 Å². The Morgan fingerprint density at radius 3 is 2.19 bits per heavy atom. The molecular weight excluding hydrogens is 328 g/mol. The largest absolute Gasteiger partial charge is 0.497 e. The summed E-state index contributed by atoms with van der Waals surface area (Å²) in [5.74, 6) is 0.625. The Morgan fingerprint density at radius 2 is 1.65 bits per heavy atom. The van der Waals surface area contributed by atoms with Crippen LogP contribution in [0.2, 0.25) is 0 Å². The number of methoxy groups -OCH3 is 1. The number of benzene rings is 2. The van der Waals surface area contributed by atoms with Crippen LogP contribution in [0.25, 0.3) is 0 Å². The highest BCUT2D eigenvalue weighted by Crippen LogP contribution is 2.19. The average molecular weight is 354 g/mol. The molecule has 0 radical (unpaired) electrons. The molecule has 0 saturated heterocycles. The summed E-state index contributed by atoms with van der Waals surface area (Å²) in [6.45, 7) is 6.32. The summed E-state index contributed by atoms with van der Waals surface area (Å²) in [5, 5.41) is 2.89. The van der Waals surface area contributed by atoms with E-state index in [0.717, 1.165) is 28.1 Å². The molecule has 0 saturated carbocycles. The number of amides is 2. The van der Waals surface area contributed by atoms with Gasteiger partial charge in [0.05, 0.1) is 7.11 Å². The quantitative estimate of drug-likeness (QED) is 0.829. The van der Waals surface area contributed by atoms with Crippen LogP contribution in [-0.2, 0) is 16.1 Å². The molecule has 2 amide bonds. The van der Waals surface area contributed by atoms with E-state index < -0.39 is 0 Å². The van der Waals surface area contributed by atoms with Crippen LogP contribution in [0.3, 0.4) is 0 Å². The van der Waals surface area contributed by atoms with E-state index in [9.17, 15) is 9.59 Å². The fraction of sp³-hybridized carbons (Fsp3) is 0.333. The number of aryl methyl sites for hydroxylation is 2. The molecule has 26 heavy (non-hydrogen) atoms. The van der Waals surface area contributed by atoms with Crippen LogP contribution in [0.1, 0.15) is 30.0 Å². The normalized spacial score (nSPS) is 10.3. The molecule has 0 atom stereocenters. The van der Waals surface area contributed by atoms with E-state index in [1.165, 1.54) is 6.92 Å². The molecule has 0 bridgehead atoms. The molecule has 2 aromatic carbocycles. The lowest BCUT2D eigenvalue weighted by Crippen LogP contribution is -2.33. The van der Waals surface area contributed by atoms with Gasteiger partial charge in [0.1, 0.15) is 5.75 Å². The van der Waals surface area contributed by atoms with E-state index >= 15 is 0 Å². The van der Waals surface area contributed by atoms with Crippen molar-refractivity contribution in [2.45, 2.75) is 33.7 Å². The number of anilines is 1. The van der Waals surface area contributed by atoms with Crippen LogP contribution in [0.4, 0.5) is 5.69 Å². The fourth-order valence-corrected chi connectivity index (χ4v) is 2.82. The molecule has 0 heterocycles. The van der Waals surface area contributed by atoms with Crippen LogP contribution in [0.5, 0.6) is 5.75 Å². The Balaban J connectivity index is 1.91. The molecule has 2 rings (SSSR count). The number of carbonyl (C=O) groups is 2. The average Bonchev–Trinajstić information content (AvgIpc) is 2.59. The molecule has 0 aromatic heterocycles. The highest BCUT2D eigenvalue weighted by Gasteiger charge is 2.14. The zero-order valence-electron chi connectivity index (χ0n) is 15.8. The first-order valence-corrected chi connectivity index (χ1v) is 8.65. The van der Waals surface area contributed by atoms with Crippen molar-refractivity contribution in [1.82, 2.24) is 5.32 Å². The predicted molar refractivity (Wildman–Crippen MR) is 103 cm³/mol. The fourth-order valence-electron chi connectivity index (χ4n) is 2.82. The first-order valence-electron chi connectivity index (χ1n) is 8.65. The van der Waals surface area contributed by atoms with Gasteiger partial charge in [-0.25, -0.2) is 0 Å². The third-order valence-corrected chi connectivity index (χ3v) is 4.11. The van der Waals surface area contributed by atoms with Gasteiger partial charge in [0.2, 0.25) is 11.8 Å². The lowest BCUT2D eigenvalue weighted by Gasteiger charge is -2.22. The molecule has 5 heteroatoms. The van der Waals surface area contributed by atoms with Gasteiger partial charge in [-0.3, -0.25) is 9.59 Å². The zero-order chi connectivity index (χ0) is 19.1. The highest BCUT2D eigenvalue weighted by atomic mass is 16.5. The van der Waals surface area contributed by atoms with E-state index in [1.807, 2.05) is 50.2 Å². The van der Waals surface area contributed by atoms with E-state index in [-0.39, 0.29) is 18.2 Å². The standard InChI is InChI=1S/C21H26N2O3/c1-15-11-16(2)13-19(12-15)23(17(3)24)10-9-21(25)22-14-18-5-7-20(26-4)8-6-18/h5-8,11-13H,9-10,14H2,1-4H3,(H,22,25). The smallest absolute Gasteiger partial charge is 0.223 e.